The lowest BCUT2D eigenvalue weighted by Gasteiger charge is -2.19. The third kappa shape index (κ3) is 4.49. The van der Waals surface area contributed by atoms with Crippen LogP contribution in [-0.2, 0) is 11.3 Å². The van der Waals surface area contributed by atoms with E-state index >= 15 is 0 Å². The van der Waals surface area contributed by atoms with E-state index in [4.69, 9.17) is 10.5 Å². The number of carbonyl (C=O) groups excluding carboxylic acids is 1. The first-order valence-electron chi connectivity index (χ1n) is 6.94. The molecule has 2 atom stereocenters. The van der Waals surface area contributed by atoms with Crippen molar-refractivity contribution in [2.24, 2.45) is 5.73 Å². The Hall–Kier alpha value is -1.62. The molecule has 0 bridgehead atoms. The van der Waals surface area contributed by atoms with E-state index in [1.54, 1.807) is 19.1 Å². The van der Waals surface area contributed by atoms with Crippen molar-refractivity contribution in [2.75, 3.05) is 0 Å². The monoisotopic (exact) mass is 282 g/mol. The fourth-order valence-corrected chi connectivity index (χ4v) is 1.94. The molecule has 0 saturated carbocycles. The number of nitrogens with two attached hydrogens (primary N) is 1. The molecule has 0 aliphatic carbocycles. The Bertz CT molecular complexity index is 451. The summed E-state index contributed by atoms with van der Waals surface area (Å²) in [5, 5.41) is 2.84. The van der Waals surface area contributed by atoms with Crippen LogP contribution in [0.5, 0.6) is 5.75 Å². The molecule has 1 amide bonds. The van der Waals surface area contributed by atoms with E-state index in [1.807, 2.05) is 6.92 Å². The third-order valence-electron chi connectivity index (χ3n) is 3.04. The van der Waals surface area contributed by atoms with Gasteiger partial charge in [0.2, 0.25) is 0 Å². The summed E-state index contributed by atoms with van der Waals surface area (Å²) >= 11 is 0. The normalized spacial score (nSPS) is 13.7. The van der Waals surface area contributed by atoms with E-state index in [-0.39, 0.29) is 24.2 Å². The highest BCUT2D eigenvalue weighted by molar-refractivity contribution is 5.81. The van der Waals surface area contributed by atoms with Crippen molar-refractivity contribution >= 4 is 5.91 Å². The molecule has 0 aromatic heterocycles. The zero-order valence-corrected chi connectivity index (χ0v) is 12.3. The van der Waals surface area contributed by atoms with Crippen molar-refractivity contribution in [1.29, 1.82) is 0 Å². The van der Waals surface area contributed by atoms with Crippen molar-refractivity contribution in [2.45, 2.75) is 52.3 Å². The lowest BCUT2D eigenvalue weighted by Crippen LogP contribution is -2.41. The van der Waals surface area contributed by atoms with Crippen molar-refractivity contribution in [3.05, 3.63) is 29.6 Å². The van der Waals surface area contributed by atoms with Crippen LogP contribution in [0.3, 0.4) is 0 Å². The molecule has 1 aromatic rings. The van der Waals surface area contributed by atoms with Gasteiger partial charge in [-0.05, 0) is 26.3 Å². The number of hydrogen-bond donors (Lipinski definition) is 2. The number of para-hydroxylation sites is 1. The lowest BCUT2D eigenvalue weighted by atomic mass is 10.2. The van der Waals surface area contributed by atoms with Gasteiger partial charge >= 0.3 is 0 Å². The molecule has 112 valence electrons. The van der Waals surface area contributed by atoms with Crippen LogP contribution in [-0.4, -0.2) is 18.1 Å². The first kappa shape index (κ1) is 16.4. The fraction of sp³-hybridized carbons (Fsp3) is 0.533. The van der Waals surface area contributed by atoms with Gasteiger partial charge < -0.3 is 15.8 Å². The van der Waals surface area contributed by atoms with Crippen molar-refractivity contribution < 1.29 is 13.9 Å². The summed E-state index contributed by atoms with van der Waals surface area (Å²) in [6, 6.07) is 4.62. The van der Waals surface area contributed by atoms with Crippen LogP contribution in [0.2, 0.25) is 0 Å². The molecule has 1 aromatic carbocycles. The minimum absolute atomic E-state index is 0.0563. The number of nitrogens with one attached hydrogen (secondary N) is 1. The summed E-state index contributed by atoms with van der Waals surface area (Å²) < 4.78 is 19.2. The van der Waals surface area contributed by atoms with E-state index < -0.39 is 11.9 Å². The molecule has 4 nitrogen and oxygen atoms in total. The second-order valence-corrected chi connectivity index (χ2v) is 4.89. The number of halogens is 1. The minimum atomic E-state index is -0.767. The van der Waals surface area contributed by atoms with E-state index in [0.29, 0.717) is 5.56 Å². The molecule has 0 aliphatic rings. The van der Waals surface area contributed by atoms with Crippen molar-refractivity contribution in [3.8, 4) is 5.75 Å². The number of amides is 1. The van der Waals surface area contributed by atoms with Crippen LogP contribution in [0.25, 0.3) is 0 Å². The van der Waals surface area contributed by atoms with Gasteiger partial charge in [0, 0.05) is 18.2 Å². The predicted octanol–water partition coefficient (Wildman–Crippen LogP) is 2.36. The molecule has 3 N–H and O–H groups in total. The Kier molecular flexibility index (Phi) is 6.45. The summed E-state index contributed by atoms with van der Waals surface area (Å²) in [5.41, 5.74) is 6.09. The average molecular weight is 282 g/mol. The van der Waals surface area contributed by atoms with Crippen LogP contribution >= 0.6 is 0 Å². The second-order valence-electron chi connectivity index (χ2n) is 4.89. The molecule has 1 rings (SSSR count). The molecule has 20 heavy (non-hydrogen) atoms. The summed E-state index contributed by atoms with van der Waals surface area (Å²) in [6.45, 7) is 5.74. The smallest absolute Gasteiger partial charge is 0.260 e. The van der Waals surface area contributed by atoms with Crippen molar-refractivity contribution in [1.82, 2.24) is 5.32 Å². The largest absolute Gasteiger partial charge is 0.477 e. The molecular formula is C15H23FN2O2. The van der Waals surface area contributed by atoms with Gasteiger partial charge in [0.1, 0.15) is 0 Å². The van der Waals surface area contributed by atoms with Gasteiger partial charge in [0.25, 0.3) is 5.91 Å². The van der Waals surface area contributed by atoms with Crippen LogP contribution in [0.4, 0.5) is 4.39 Å². The topological polar surface area (TPSA) is 64.3 Å². The van der Waals surface area contributed by atoms with Crippen LogP contribution < -0.4 is 15.8 Å². The maximum atomic E-state index is 13.7. The summed E-state index contributed by atoms with van der Waals surface area (Å²) in [6.07, 6.45) is 1.12. The Morgan fingerprint density at radius 1 is 1.45 bits per heavy atom. The SMILES string of the molecule is CCCC(C)NC(=O)C(C)Oc1c(F)cccc1CN. The Labute approximate surface area is 119 Å². The number of benzene rings is 1. The summed E-state index contributed by atoms with van der Waals surface area (Å²) in [4.78, 5) is 12.0. The van der Waals surface area contributed by atoms with Gasteiger partial charge in [-0.3, -0.25) is 4.79 Å². The highest BCUT2D eigenvalue weighted by Crippen LogP contribution is 2.23. The quantitative estimate of drug-likeness (QED) is 0.807. The van der Waals surface area contributed by atoms with Crippen molar-refractivity contribution in [3.63, 3.8) is 0 Å². The number of carbonyl (C=O) groups is 1. The molecule has 0 fully saturated rings. The van der Waals surface area contributed by atoms with Gasteiger partial charge in [-0.1, -0.05) is 25.5 Å². The first-order valence-corrected chi connectivity index (χ1v) is 6.94. The Balaban J connectivity index is 2.70. The van der Waals surface area contributed by atoms with Crippen LogP contribution in [0, 0.1) is 5.82 Å². The molecule has 0 spiro atoms. The Morgan fingerprint density at radius 2 is 2.15 bits per heavy atom. The van der Waals surface area contributed by atoms with Gasteiger partial charge in [-0.25, -0.2) is 4.39 Å². The van der Waals surface area contributed by atoms with E-state index in [9.17, 15) is 9.18 Å². The second kappa shape index (κ2) is 7.85. The number of ether oxygens (including phenoxy) is 1. The molecular weight excluding hydrogens is 259 g/mol. The maximum absolute atomic E-state index is 13.7. The van der Waals surface area contributed by atoms with E-state index in [2.05, 4.69) is 12.2 Å². The Morgan fingerprint density at radius 3 is 2.75 bits per heavy atom. The highest BCUT2D eigenvalue weighted by atomic mass is 19.1. The van der Waals surface area contributed by atoms with E-state index in [1.165, 1.54) is 6.07 Å². The fourth-order valence-electron chi connectivity index (χ4n) is 1.94. The molecule has 0 radical (unpaired) electrons. The van der Waals surface area contributed by atoms with Gasteiger partial charge in [-0.15, -0.1) is 0 Å². The molecule has 0 heterocycles. The average Bonchev–Trinajstić information content (AvgIpc) is 2.41. The molecule has 0 saturated heterocycles. The van der Waals surface area contributed by atoms with Gasteiger partial charge in [0.15, 0.2) is 17.7 Å². The number of hydrogen-bond acceptors (Lipinski definition) is 3. The third-order valence-corrected chi connectivity index (χ3v) is 3.04. The standard InChI is InChI=1S/C15H23FN2O2/c1-4-6-10(2)18-15(19)11(3)20-14-12(9-17)7-5-8-13(14)16/h5,7-8,10-11H,4,6,9,17H2,1-3H3,(H,18,19). The van der Waals surface area contributed by atoms with Gasteiger partial charge in [0.05, 0.1) is 0 Å². The van der Waals surface area contributed by atoms with Crippen LogP contribution in [0.1, 0.15) is 39.2 Å². The maximum Gasteiger partial charge on any atom is 0.260 e. The zero-order chi connectivity index (χ0) is 15.1. The highest BCUT2D eigenvalue weighted by Gasteiger charge is 2.19. The zero-order valence-electron chi connectivity index (χ0n) is 12.3. The first-order chi connectivity index (χ1) is 9.49. The van der Waals surface area contributed by atoms with Gasteiger partial charge in [-0.2, -0.15) is 0 Å². The molecule has 2 unspecified atom stereocenters. The molecule has 0 aliphatic heterocycles. The van der Waals surface area contributed by atoms with Crippen LogP contribution in [0.15, 0.2) is 18.2 Å². The lowest BCUT2D eigenvalue weighted by molar-refractivity contribution is -0.128. The van der Waals surface area contributed by atoms with E-state index in [0.717, 1.165) is 12.8 Å². The number of rotatable bonds is 7. The minimum Gasteiger partial charge on any atom is -0.477 e. The summed E-state index contributed by atoms with van der Waals surface area (Å²) in [7, 11) is 0. The summed E-state index contributed by atoms with van der Waals surface area (Å²) in [5.74, 6) is -0.702. The predicted molar refractivity (Wildman–Crippen MR) is 76.9 cm³/mol. The molecule has 5 heteroatoms.